The Morgan fingerprint density at radius 1 is 1.60 bits per heavy atom. The SMILES string of the molecule is Cc1nn(CCC(=O)N[C@@H](C)[C@@H]2CCCO2)c(C)c1Br. The Labute approximate surface area is 128 Å². The van der Waals surface area contributed by atoms with Crippen molar-refractivity contribution in [3.05, 3.63) is 15.9 Å². The van der Waals surface area contributed by atoms with Crippen LogP contribution in [0.4, 0.5) is 0 Å². The standard InChI is InChI=1S/C14H22BrN3O2/c1-9(12-5-4-8-20-12)16-13(19)6-7-18-11(3)14(15)10(2)17-18/h9,12H,4-8H2,1-3H3,(H,16,19)/t9-,12-/m0/s1. The summed E-state index contributed by atoms with van der Waals surface area (Å²) in [5, 5.41) is 7.42. The number of carbonyl (C=O) groups is 1. The Bertz CT molecular complexity index is 481. The maximum atomic E-state index is 12.0. The van der Waals surface area contributed by atoms with Crippen LogP contribution in [0.25, 0.3) is 0 Å². The molecule has 112 valence electrons. The molecule has 1 fully saturated rings. The van der Waals surface area contributed by atoms with E-state index in [4.69, 9.17) is 4.74 Å². The van der Waals surface area contributed by atoms with Crippen molar-refractivity contribution < 1.29 is 9.53 Å². The van der Waals surface area contributed by atoms with E-state index >= 15 is 0 Å². The Balaban J connectivity index is 1.81. The molecule has 1 aliphatic rings. The Hall–Kier alpha value is -0.880. The lowest BCUT2D eigenvalue weighted by Crippen LogP contribution is -2.41. The van der Waals surface area contributed by atoms with Crippen LogP contribution in [0, 0.1) is 13.8 Å². The van der Waals surface area contributed by atoms with Gasteiger partial charge in [0, 0.05) is 18.7 Å². The minimum absolute atomic E-state index is 0.0525. The fourth-order valence-corrected chi connectivity index (χ4v) is 2.80. The van der Waals surface area contributed by atoms with Crippen molar-refractivity contribution >= 4 is 21.8 Å². The summed E-state index contributed by atoms with van der Waals surface area (Å²) in [6.07, 6.45) is 2.73. The van der Waals surface area contributed by atoms with Gasteiger partial charge >= 0.3 is 0 Å². The normalized spacial score (nSPS) is 20.1. The second-order valence-corrected chi connectivity index (χ2v) is 6.16. The van der Waals surface area contributed by atoms with E-state index in [0.29, 0.717) is 13.0 Å². The van der Waals surface area contributed by atoms with E-state index in [1.54, 1.807) is 0 Å². The van der Waals surface area contributed by atoms with E-state index in [0.717, 1.165) is 35.3 Å². The molecule has 1 N–H and O–H groups in total. The second kappa shape index (κ2) is 6.72. The van der Waals surface area contributed by atoms with Crippen molar-refractivity contribution in [1.82, 2.24) is 15.1 Å². The zero-order valence-electron chi connectivity index (χ0n) is 12.3. The van der Waals surface area contributed by atoms with Gasteiger partial charge in [0.05, 0.1) is 28.9 Å². The number of rotatable bonds is 5. The predicted octanol–water partition coefficient (Wildman–Crippen LogP) is 2.34. The molecular weight excluding hydrogens is 322 g/mol. The van der Waals surface area contributed by atoms with Gasteiger partial charge in [0.25, 0.3) is 0 Å². The zero-order valence-corrected chi connectivity index (χ0v) is 13.9. The number of amides is 1. The Morgan fingerprint density at radius 2 is 2.35 bits per heavy atom. The van der Waals surface area contributed by atoms with Crippen molar-refractivity contribution in [3.8, 4) is 0 Å². The number of hydrogen-bond donors (Lipinski definition) is 1. The molecule has 0 unspecified atom stereocenters. The molecule has 0 aromatic carbocycles. The van der Waals surface area contributed by atoms with Crippen LogP contribution in [0.15, 0.2) is 4.47 Å². The average Bonchev–Trinajstić information content (AvgIpc) is 3.02. The Morgan fingerprint density at radius 3 is 2.90 bits per heavy atom. The van der Waals surface area contributed by atoms with Gasteiger partial charge in [-0.05, 0) is 49.5 Å². The number of carbonyl (C=O) groups excluding carboxylic acids is 1. The maximum absolute atomic E-state index is 12.0. The summed E-state index contributed by atoms with van der Waals surface area (Å²) >= 11 is 3.49. The van der Waals surface area contributed by atoms with Gasteiger partial charge < -0.3 is 10.1 Å². The molecule has 0 saturated carbocycles. The molecule has 0 aliphatic carbocycles. The van der Waals surface area contributed by atoms with Crippen molar-refractivity contribution in [1.29, 1.82) is 0 Å². The molecule has 2 rings (SSSR count). The van der Waals surface area contributed by atoms with E-state index in [-0.39, 0.29) is 18.1 Å². The van der Waals surface area contributed by atoms with Crippen LogP contribution < -0.4 is 5.32 Å². The smallest absolute Gasteiger partial charge is 0.222 e. The summed E-state index contributed by atoms with van der Waals surface area (Å²) in [5.74, 6) is 0.0525. The number of aryl methyl sites for hydroxylation is 2. The monoisotopic (exact) mass is 343 g/mol. The second-order valence-electron chi connectivity index (χ2n) is 5.37. The highest BCUT2D eigenvalue weighted by molar-refractivity contribution is 9.10. The molecule has 2 atom stereocenters. The molecule has 0 bridgehead atoms. The first-order valence-electron chi connectivity index (χ1n) is 7.09. The van der Waals surface area contributed by atoms with Gasteiger partial charge in [-0.3, -0.25) is 9.48 Å². The molecule has 0 radical (unpaired) electrons. The van der Waals surface area contributed by atoms with E-state index in [1.807, 2.05) is 25.5 Å². The fraction of sp³-hybridized carbons (Fsp3) is 0.714. The number of nitrogens with zero attached hydrogens (tertiary/aromatic N) is 2. The minimum atomic E-state index is 0.0525. The summed E-state index contributed by atoms with van der Waals surface area (Å²) in [6.45, 7) is 7.37. The zero-order chi connectivity index (χ0) is 14.7. The number of ether oxygens (including phenoxy) is 1. The first kappa shape index (κ1) is 15.5. The van der Waals surface area contributed by atoms with Crippen molar-refractivity contribution in [3.63, 3.8) is 0 Å². The lowest BCUT2D eigenvalue weighted by Gasteiger charge is -2.20. The molecule has 20 heavy (non-hydrogen) atoms. The summed E-state index contributed by atoms with van der Waals surface area (Å²) in [5.41, 5.74) is 2.01. The van der Waals surface area contributed by atoms with Gasteiger partial charge in [-0.25, -0.2) is 0 Å². The maximum Gasteiger partial charge on any atom is 0.222 e. The van der Waals surface area contributed by atoms with Gasteiger partial charge in [0.2, 0.25) is 5.91 Å². The van der Waals surface area contributed by atoms with Gasteiger partial charge in [0.15, 0.2) is 0 Å². The molecule has 1 amide bonds. The highest BCUT2D eigenvalue weighted by Gasteiger charge is 2.23. The topological polar surface area (TPSA) is 56.2 Å². The first-order valence-corrected chi connectivity index (χ1v) is 7.89. The summed E-state index contributed by atoms with van der Waals surface area (Å²) in [7, 11) is 0. The first-order chi connectivity index (χ1) is 9.49. The highest BCUT2D eigenvalue weighted by atomic mass is 79.9. The highest BCUT2D eigenvalue weighted by Crippen LogP contribution is 2.20. The van der Waals surface area contributed by atoms with Gasteiger partial charge in [0.1, 0.15) is 0 Å². The summed E-state index contributed by atoms with van der Waals surface area (Å²) in [4.78, 5) is 12.0. The minimum Gasteiger partial charge on any atom is -0.376 e. The largest absolute Gasteiger partial charge is 0.376 e. The summed E-state index contributed by atoms with van der Waals surface area (Å²) in [6, 6.07) is 0.0807. The lowest BCUT2D eigenvalue weighted by molar-refractivity contribution is -0.122. The molecular formula is C14H22BrN3O2. The van der Waals surface area contributed by atoms with E-state index in [9.17, 15) is 4.79 Å². The van der Waals surface area contributed by atoms with Gasteiger partial charge in [-0.15, -0.1) is 0 Å². The quantitative estimate of drug-likeness (QED) is 0.892. The van der Waals surface area contributed by atoms with Gasteiger partial charge in [-0.2, -0.15) is 5.10 Å². The van der Waals surface area contributed by atoms with Crippen molar-refractivity contribution in [2.45, 2.75) is 58.7 Å². The van der Waals surface area contributed by atoms with Crippen LogP contribution in [0.1, 0.15) is 37.6 Å². The fourth-order valence-electron chi connectivity index (χ4n) is 2.52. The van der Waals surface area contributed by atoms with Crippen molar-refractivity contribution in [2.75, 3.05) is 6.61 Å². The van der Waals surface area contributed by atoms with Crippen molar-refractivity contribution in [2.24, 2.45) is 0 Å². The predicted molar refractivity (Wildman–Crippen MR) is 80.6 cm³/mol. The molecule has 5 nitrogen and oxygen atoms in total. The van der Waals surface area contributed by atoms with Crippen LogP contribution >= 0.6 is 15.9 Å². The molecule has 0 spiro atoms. The van der Waals surface area contributed by atoms with Crippen LogP contribution in [-0.4, -0.2) is 34.4 Å². The van der Waals surface area contributed by atoms with Crippen LogP contribution in [0.2, 0.25) is 0 Å². The van der Waals surface area contributed by atoms with Gasteiger partial charge in [-0.1, -0.05) is 0 Å². The number of hydrogen-bond acceptors (Lipinski definition) is 3. The molecule has 1 aromatic heterocycles. The molecule has 6 heteroatoms. The molecule has 1 aromatic rings. The third-order valence-corrected chi connectivity index (χ3v) is 4.90. The Kier molecular flexibility index (Phi) is 5.21. The van der Waals surface area contributed by atoms with E-state index < -0.39 is 0 Å². The number of halogens is 1. The molecule has 2 heterocycles. The third-order valence-electron chi connectivity index (χ3n) is 3.76. The van der Waals surface area contributed by atoms with Crippen LogP contribution in [0.5, 0.6) is 0 Å². The van der Waals surface area contributed by atoms with E-state index in [2.05, 4.69) is 26.3 Å². The van der Waals surface area contributed by atoms with E-state index in [1.165, 1.54) is 0 Å². The number of aromatic nitrogens is 2. The van der Waals surface area contributed by atoms with Crippen LogP contribution in [0.3, 0.4) is 0 Å². The number of nitrogens with one attached hydrogen (secondary N) is 1. The third kappa shape index (κ3) is 3.61. The van der Waals surface area contributed by atoms with Crippen LogP contribution in [-0.2, 0) is 16.1 Å². The summed E-state index contributed by atoms with van der Waals surface area (Å²) < 4.78 is 8.47. The average molecular weight is 344 g/mol. The lowest BCUT2D eigenvalue weighted by atomic mass is 10.1. The molecule has 1 saturated heterocycles. The molecule has 1 aliphatic heterocycles.